The molecule has 1 aliphatic carbocycles. The van der Waals surface area contributed by atoms with Crippen LogP contribution in [0.15, 0.2) is 4.99 Å². The maximum absolute atomic E-state index is 5.09. The van der Waals surface area contributed by atoms with Gasteiger partial charge in [0.05, 0.1) is 0 Å². The van der Waals surface area contributed by atoms with E-state index < -0.39 is 0 Å². The van der Waals surface area contributed by atoms with Crippen LogP contribution in [0.3, 0.4) is 0 Å². The van der Waals surface area contributed by atoms with E-state index in [0.29, 0.717) is 4.75 Å². The van der Waals surface area contributed by atoms with Crippen LogP contribution < -0.4 is 5.32 Å². The number of thioether (sulfide) groups is 1. The second-order valence-electron chi connectivity index (χ2n) is 6.54. The van der Waals surface area contributed by atoms with Crippen LogP contribution in [0.4, 0.5) is 0 Å². The molecule has 0 aromatic carbocycles. The molecular formula is C17H33N3OS. The lowest BCUT2D eigenvalue weighted by Gasteiger charge is -2.45. The number of unbranched alkanes of at least 4 members (excludes halogenated alkanes) is 2. The number of aliphatic imine (C=N–C) groups is 1. The molecule has 0 bridgehead atoms. The van der Waals surface area contributed by atoms with Gasteiger partial charge in [0.1, 0.15) is 0 Å². The molecule has 22 heavy (non-hydrogen) atoms. The predicted octanol–water partition coefficient (Wildman–Crippen LogP) is 3.13. The SMILES string of the molecule is CN=C(NCCCCCOC)N1CCSC2(CCCCC2)C1. The third-order valence-corrected chi connectivity index (χ3v) is 6.37. The van der Waals surface area contributed by atoms with Crippen LogP contribution in [0.2, 0.25) is 0 Å². The number of methoxy groups -OCH3 is 1. The summed E-state index contributed by atoms with van der Waals surface area (Å²) in [6.07, 6.45) is 10.6. The average molecular weight is 328 g/mol. The number of hydrogen-bond donors (Lipinski definition) is 1. The first kappa shape index (κ1) is 17.9. The molecule has 1 N–H and O–H groups in total. The summed E-state index contributed by atoms with van der Waals surface area (Å²) in [4.78, 5) is 7.02. The monoisotopic (exact) mass is 327 g/mol. The number of rotatable bonds is 6. The van der Waals surface area contributed by atoms with E-state index in [-0.39, 0.29) is 0 Å². The van der Waals surface area contributed by atoms with E-state index in [0.717, 1.165) is 32.1 Å². The number of ether oxygens (including phenoxy) is 1. The molecule has 2 aliphatic rings. The highest BCUT2D eigenvalue weighted by atomic mass is 32.2. The summed E-state index contributed by atoms with van der Waals surface area (Å²) in [5.41, 5.74) is 0. The molecule has 0 atom stereocenters. The molecule has 0 aromatic rings. The first-order valence-electron chi connectivity index (χ1n) is 8.88. The lowest BCUT2D eigenvalue weighted by atomic mass is 9.87. The fourth-order valence-corrected chi connectivity index (χ4v) is 5.17. The maximum Gasteiger partial charge on any atom is 0.193 e. The minimum absolute atomic E-state index is 0.507. The van der Waals surface area contributed by atoms with Crippen molar-refractivity contribution >= 4 is 17.7 Å². The molecule has 0 radical (unpaired) electrons. The van der Waals surface area contributed by atoms with E-state index in [1.165, 1.54) is 57.2 Å². The molecule has 0 unspecified atom stereocenters. The second kappa shape index (κ2) is 9.66. The molecule has 2 rings (SSSR count). The van der Waals surface area contributed by atoms with Crippen molar-refractivity contribution in [2.24, 2.45) is 4.99 Å². The van der Waals surface area contributed by atoms with Crippen LogP contribution in [0, 0.1) is 0 Å². The summed E-state index contributed by atoms with van der Waals surface area (Å²) < 4.78 is 5.60. The molecule has 128 valence electrons. The Morgan fingerprint density at radius 3 is 2.77 bits per heavy atom. The van der Waals surface area contributed by atoms with Crippen molar-refractivity contribution in [3.63, 3.8) is 0 Å². The lowest BCUT2D eigenvalue weighted by molar-refractivity contribution is 0.192. The van der Waals surface area contributed by atoms with Crippen molar-refractivity contribution in [3.8, 4) is 0 Å². The Bertz CT molecular complexity index is 337. The quantitative estimate of drug-likeness (QED) is 0.462. The third-order valence-electron chi connectivity index (χ3n) is 4.83. The van der Waals surface area contributed by atoms with Gasteiger partial charge in [-0.05, 0) is 32.1 Å². The van der Waals surface area contributed by atoms with Crippen molar-refractivity contribution in [2.45, 2.75) is 56.1 Å². The van der Waals surface area contributed by atoms with Crippen molar-refractivity contribution in [1.82, 2.24) is 10.2 Å². The molecule has 1 saturated heterocycles. The molecule has 5 heteroatoms. The Labute approximate surface area is 140 Å². The minimum Gasteiger partial charge on any atom is -0.385 e. The molecular weight excluding hydrogens is 294 g/mol. The number of guanidine groups is 1. The highest BCUT2D eigenvalue weighted by Gasteiger charge is 2.38. The first-order valence-corrected chi connectivity index (χ1v) is 9.87. The maximum atomic E-state index is 5.09. The standard InChI is InChI=1S/C17H33N3OS/c1-18-16(19-11-7-4-8-13-21-2)20-12-14-22-17(15-20)9-5-3-6-10-17/h3-15H2,1-2H3,(H,18,19). The zero-order valence-corrected chi connectivity index (χ0v) is 15.2. The van der Waals surface area contributed by atoms with Gasteiger partial charge in [0.2, 0.25) is 0 Å². The summed E-state index contributed by atoms with van der Waals surface area (Å²) in [5, 5.41) is 3.56. The molecule has 1 aliphatic heterocycles. The zero-order chi connectivity index (χ0) is 15.7. The summed E-state index contributed by atoms with van der Waals surface area (Å²) in [5.74, 6) is 2.35. The van der Waals surface area contributed by atoms with Crippen LogP contribution in [-0.4, -0.2) is 61.8 Å². The Hall–Kier alpha value is -0.420. The number of nitrogens with zero attached hydrogens (tertiary/aromatic N) is 2. The van der Waals surface area contributed by atoms with Gasteiger partial charge >= 0.3 is 0 Å². The van der Waals surface area contributed by atoms with Gasteiger partial charge in [0, 0.05) is 50.9 Å². The average Bonchev–Trinajstić information content (AvgIpc) is 2.55. The normalized spacial score (nSPS) is 22.1. The van der Waals surface area contributed by atoms with E-state index in [2.05, 4.69) is 27.0 Å². The smallest absolute Gasteiger partial charge is 0.193 e. The fourth-order valence-electron chi connectivity index (χ4n) is 3.60. The molecule has 0 amide bonds. The number of hydrogen-bond acceptors (Lipinski definition) is 3. The van der Waals surface area contributed by atoms with E-state index in [1.54, 1.807) is 7.11 Å². The second-order valence-corrected chi connectivity index (χ2v) is 8.10. The van der Waals surface area contributed by atoms with Crippen molar-refractivity contribution < 1.29 is 4.74 Å². The molecule has 1 spiro atoms. The Morgan fingerprint density at radius 2 is 2.05 bits per heavy atom. The largest absolute Gasteiger partial charge is 0.385 e. The summed E-state index contributed by atoms with van der Waals surface area (Å²) in [7, 11) is 3.69. The highest BCUT2D eigenvalue weighted by molar-refractivity contribution is 8.00. The first-order chi connectivity index (χ1) is 10.8. The van der Waals surface area contributed by atoms with Crippen LogP contribution in [-0.2, 0) is 4.74 Å². The van der Waals surface area contributed by atoms with Crippen LogP contribution in [0.5, 0.6) is 0 Å². The Morgan fingerprint density at radius 1 is 1.23 bits per heavy atom. The summed E-state index contributed by atoms with van der Waals surface area (Å²) in [6.45, 7) is 4.21. The Kier molecular flexibility index (Phi) is 7.87. The van der Waals surface area contributed by atoms with Crippen LogP contribution >= 0.6 is 11.8 Å². The molecule has 1 saturated carbocycles. The van der Waals surface area contributed by atoms with E-state index in [4.69, 9.17) is 4.74 Å². The van der Waals surface area contributed by atoms with E-state index >= 15 is 0 Å². The zero-order valence-electron chi connectivity index (χ0n) is 14.4. The number of nitrogens with one attached hydrogen (secondary N) is 1. The van der Waals surface area contributed by atoms with Gasteiger partial charge in [-0.2, -0.15) is 11.8 Å². The minimum atomic E-state index is 0.507. The van der Waals surface area contributed by atoms with Gasteiger partial charge in [0.15, 0.2) is 5.96 Å². The van der Waals surface area contributed by atoms with Crippen molar-refractivity contribution in [3.05, 3.63) is 0 Å². The van der Waals surface area contributed by atoms with E-state index in [9.17, 15) is 0 Å². The van der Waals surface area contributed by atoms with Crippen LogP contribution in [0.25, 0.3) is 0 Å². The van der Waals surface area contributed by atoms with E-state index in [1.807, 2.05) is 7.05 Å². The van der Waals surface area contributed by atoms with Gasteiger partial charge in [-0.1, -0.05) is 19.3 Å². The topological polar surface area (TPSA) is 36.9 Å². The molecule has 4 nitrogen and oxygen atoms in total. The lowest BCUT2D eigenvalue weighted by Crippen LogP contribution is -2.53. The van der Waals surface area contributed by atoms with Gasteiger partial charge in [-0.15, -0.1) is 0 Å². The predicted molar refractivity (Wildman–Crippen MR) is 96.9 cm³/mol. The van der Waals surface area contributed by atoms with Gasteiger partial charge in [-0.25, -0.2) is 0 Å². The Balaban J connectivity index is 1.75. The van der Waals surface area contributed by atoms with Gasteiger partial charge in [-0.3, -0.25) is 4.99 Å². The van der Waals surface area contributed by atoms with Crippen molar-refractivity contribution in [1.29, 1.82) is 0 Å². The van der Waals surface area contributed by atoms with Gasteiger partial charge in [0.25, 0.3) is 0 Å². The fraction of sp³-hybridized carbons (Fsp3) is 0.941. The summed E-state index contributed by atoms with van der Waals surface area (Å²) in [6, 6.07) is 0. The molecule has 2 fully saturated rings. The molecule has 1 heterocycles. The summed E-state index contributed by atoms with van der Waals surface area (Å²) >= 11 is 2.22. The van der Waals surface area contributed by atoms with Crippen molar-refractivity contribution in [2.75, 3.05) is 46.2 Å². The van der Waals surface area contributed by atoms with Crippen LogP contribution in [0.1, 0.15) is 51.4 Å². The molecule has 0 aromatic heterocycles. The van der Waals surface area contributed by atoms with Gasteiger partial charge < -0.3 is 15.0 Å². The third kappa shape index (κ3) is 5.34. The highest BCUT2D eigenvalue weighted by Crippen LogP contribution is 2.42.